The molecule has 0 aliphatic heterocycles. The van der Waals surface area contributed by atoms with Crippen molar-refractivity contribution < 1.29 is 23.4 Å². The number of aliphatic hydroxyl groups is 1. The van der Waals surface area contributed by atoms with E-state index in [2.05, 4.69) is 4.72 Å². The van der Waals surface area contributed by atoms with Gasteiger partial charge in [0.2, 0.25) is 0 Å². The minimum absolute atomic E-state index is 0.0591. The molecular formula is C13H20N2O5S. The number of carboxylic acid groups (broad SMARTS) is 1. The Morgan fingerprint density at radius 3 is 2.14 bits per heavy atom. The van der Waals surface area contributed by atoms with Crippen LogP contribution in [0.15, 0.2) is 24.3 Å². The molecule has 3 N–H and O–H groups in total. The van der Waals surface area contributed by atoms with E-state index in [1.165, 1.54) is 24.3 Å². The largest absolute Gasteiger partial charge is 0.478 e. The monoisotopic (exact) mass is 316 g/mol. The van der Waals surface area contributed by atoms with Crippen LogP contribution in [0.4, 0.5) is 5.69 Å². The Morgan fingerprint density at radius 1 is 1.24 bits per heavy atom. The molecule has 118 valence electrons. The molecule has 0 unspecified atom stereocenters. The number of aliphatic hydroxyl groups excluding tert-OH is 1. The summed E-state index contributed by atoms with van der Waals surface area (Å²) in [5.41, 5.74) is -0.331. The van der Waals surface area contributed by atoms with Gasteiger partial charge < -0.3 is 10.2 Å². The van der Waals surface area contributed by atoms with Crippen LogP contribution in [0.1, 0.15) is 31.1 Å². The molecule has 0 saturated heterocycles. The molecule has 0 aromatic heterocycles. The van der Waals surface area contributed by atoms with E-state index in [0.717, 1.165) is 4.31 Å². The van der Waals surface area contributed by atoms with E-state index >= 15 is 0 Å². The van der Waals surface area contributed by atoms with E-state index in [0.29, 0.717) is 0 Å². The summed E-state index contributed by atoms with van der Waals surface area (Å²) in [7, 11) is -3.85. The Morgan fingerprint density at radius 2 is 1.76 bits per heavy atom. The highest BCUT2D eigenvalue weighted by molar-refractivity contribution is 7.90. The molecule has 8 heteroatoms. The van der Waals surface area contributed by atoms with Gasteiger partial charge in [-0.05, 0) is 45.0 Å². The maximum Gasteiger partial charge on any atom is 0.335 e. The number of carboxylic acids is 1. The molecule has 1 rings (SSSR count). The summed E-state index contributed by atoms with van der Waals surface area (Å²) in [5, 5.41) is 17.9. The standard InChI is InChI=1S/C13H20N2O5S/c1-13(2,3)14-21(19,20)15(8-9-16)11-6-4-10(5-7-11)12(17)18/h4-7,14,16H,8-9H2,1-3H3,(H,17,18). The van der Waals surface area contributed by atoms with Gasteiger partial charge in [-0.2, -0.15) is 13.1 Å². The summed E-state index contributed by atoms with van der Waals surface area (Å²) in [4.78, 5) is 10.8. The highest BCUT2D eigenvalue weighted by Crippen LogP contribution is 2.19. The second-order valence-electron chi connectivity index (χ2n) is 5.50. The van der Waals surface area contributed by atoms with Crippen molar-refractivity contribution in [1.29, 1.82) is 0 Å². The maximum atomic E-state index is 12.3. The minimum Gasteiger partial charge on any atom is -0.478 e. The van der Waals surface area contributed by atoms with Gasteiger partial charge in [0.05, 0.1) is 24.4 Å². The molecule has 0 heterocycles. The summed E-state index contributed by atoms with van der Waals surface area (Å²) >= 11 is 0. The Hall–Kier alpha value is -1.64. The molecule has 0 aliphatic rings. The maximum absolute atomic E-state index is 12.3. The zero-order valence-corrected chi connectivity index (χ0v) is 13.0. The number of nitrogens with zero attached hydrogens (tertiary/aromatic N) is 1. The normalized spacial score (nSPS) is 12.2. The van der Waals surface area contributed by atoms with Crippen molar-refractivity contribution in [3.63, 3.8) is 0 Å². The number of benzene rings is 1. The predicted octanol–water partition coefficient (Wildman–Crippen LogP) is 0.816. The summed E-state index contributed by atoms with van der Waals surface area (Å²) in [6.45, 7) is 4.63. The Kier molecular flexibility index (Phi) is 5.32. The molecule has 0 fully saturated rings. The smallest absolute Gasteiger partial charge is 0.335 e. The van der Waals surface area contributed by atoms with Crippen LogP contribution < -0.4 is 9.03 Å². The number of carbonyl (C=O) groups is 1. The van der Waals surface area contributed by atoms with Crippen LogP contribution in [0.3, 0.4) is 0 Å². The Bertz CT molecular complexity index is 590. The third-order valence-electron chi connectivity index (χ3n) is 2.43. The highest BCUT2D eigenvalue weighted by atomic mass is 32.2. The van der Waals surface area contributed by atoms with Crippen molar-refractivity contribution in [3.8, 4) is 0 Å². The van der Waals surface area contributed by atoms with Gasteiger partial charge in [0.25, 0.3) is 0 Å². The van der Waals surface area contributed by atoms with Crippen molar-refractivity contribution in [1.82, 2.24) is 4.72 Å². The zero-order valence-electron chi connectivity index (χ0n) is 12.2. The van der Waals surface area contributed by atoms with Gasteiger partial charge in [0.15, 0.2) is 0 Å². The second-order valence-corrected chi connectivity index (χ2v) is 7.10. The third-order valence-corrected chi connectivity index (χ3v) is 4.27. The van der Waals surface area contributed by atoms with Gasteiger partial charge in [-0.1, -0.05) is 0 Å². The van der Waals surface area contributed by atoms with Gasteiger partial charge in [0.1, 0.15) is 0 Å². The summed E-state index contributed by atoms with van der Waals surface area (Å²) in [6.07, 6.45) is 0. The van der Waals surface area contributed by atoms with Crippen molar-refractivity contribution in [2.75, 3.05) is 17.5 Å². The van der Waals surface area contributed by atoms with Crippen LogP contribution in [0.5, 0.6) is 0 Å². The zero-order chi connectivity index (χ0) is 16.3. The lowest BCUT2D eigenvalue weighted by Gasteiger charge is -2.29. The molecule has 1 aromatic carbocycles. The fourth-order valence-electron chi connectivity index (χ4n) is 1.69. The average Bonchev–Trinajstić information content (AvgIpc) is 2.33. The molecule has 0 amide bonds. The highest BCUT2D eigenvalue weighted by Gasteiger charge is 2.27. The van der Waals surface area contributed by atoms with Gasteiger partial charge in [-0.3, -0.25) is 4.31 Å². The minimum atomic E-state index is -3.85. The molecule has 0 bridgehead atoms. The number of anilines is 1. The predicted molar refractivity (Wildman–Crippen MR) is 79.6 cm³/mol. The van der Waals surface area contributed by atoms with Crippen LogP contribution in [0, 0.1) is 0 Å². The number of hydrogen-bond acceptors (Lipinski definition) is 4. The molecule has 0 atom stereocenters. The molecule has 0 radical (unpaired) electrons. The first-order valence-electron chi connectivity index (χ1n) is 6.33. The lowest BCUT2D eigenvalue weighted by Crippen LogP contribution is -2.49. The topological polar surface area (TPSA) is 107 Å². The first-order chi connectivity index (χ1) is 9.57. The number of aromatic carboxylic acids is 1. The lowest BCUT2D eigenvalue weighted by atomic mass is 10.1. The van der Waals surface area contributed by atoms with Gasteiger partial charge in [-0.15, -0.1) is 0 Å². The van der Waals surface area contributed by atoms with Crippen LogP contribution in [-0.2, 0) is 10.2 Å². The molecule has 0 spiro atoms. The number of nitrogens with one attached hydrogen (secondary N) is 1. The van der Waals surface area contributed by atoms with E-state index in [4.69, 9.17) is 10.2 Å². The van der Waals surface area contributed by atoms with Gasteiger partial charge in [-0.25, -0.2) is 4.79 Å². The van der Waals surface area contributed by atoms with Crippen LogP contribution in [-0.4, -0.2) is 43.3 Å². The second kappa shape index (κ2) is 6.42. The number of rotatable bonds is 6. The molecular weight excluding hydrogens is 296 g/mol. The van der Waals surface area contributed by atoms with E-state index in [1.807, 2.05) is 0 Å². The quantitative estimate of drug-likeness (QED) is 0.720. The first kappa shape index (κ1) is 17.4. The molecule has 0 aliphatic carbocycles. The van der Waals surface area contributed by atoms with E-state index in [-0.39, 0.29) is 24.4 Å². The fraction of sp³-hybridized carbons (Fsp3) is 0.462. The SMILES string of the molecule is CC(C)(C)NS(=O)(=O)N(CCO)c1ccc(C(=O)O)cc1. The van der Waals surface area contributed by atoms with Crippen LogP contribution >= 0.6 is 0 Å². The summed E-state index contributed by atoms with van der Waals surface area (Å²) in [6, 6.07) is 5.41. The summed E-state index contributed by atoms with van der Waals surface area (Å²) in [5.74, 6) is -1.09. The number of hydrogen-bond donors (Lipinski definition) is 3. The van der Waals surface area contributed by atoms with Gasteiger partial charge >= 0.3 is 16.2 Å². The molecule has 1 aromatic rings. The molecule has 0 saturated carbocycles. The Balaban J connectivity index is 3.14. The van der Waals surface area contributed by atoms with Crippen LogP contribution in [0.2, 0.25) is 0 Å². The Labute approximate surface area is 124 Å². The average molecular weight is 316 g/mol. The fourth-order valence-corrected chi connectivity index (χ4v) is 3.30. The van der Waals surface area contributed by atoms with Gasteiger partial charge in [0, 0.05) is 5.54 Å². The van der Waals surface area contributed by atoms with Crippen molar-refractivity contribution in [3.05, 3.63) is 29.8 Å². The molecule has 21 heavy (non-hydrogen) atoms. The van der Waals surface area contributed by atoms with E-state index < -0.39 is 21.7 Å². The van der Waals surface area contributed by atoms with Crippen molar-refractivity contribution >= 4 is 21.9 Å². The van der Waals surface area contributed by atoms with Crippen LogP contribution in [0.25, 0.3) is 0 Å². The van der Waals surface area contributed by atoms with Crippen molar-refractivity contribution in [2.45, 2.75) is 26.3 Å². The van der Waals surface area contributed by atoms with E-state index in [1.54, 1.807) is 20.8 Å². The summed E-state index contributed by atoms with van der Waals surface area (Å²) < 4.78 is 28.2. The first-order valence-corrected chi connectivity index (χ1v) is 7.77. The lowest BCUT2D eigenvalue weighted by molar-refractivity contribution is 0.0697. The molecule has 7 nitrogen and oxygen atoms in total. The van der Waals surface area contributed by atoms with E-state index in [9.17, 15) is 13.2 Å². The van der Waals surface area contributed by atoms with Crippen molar-refractivity contribution in [2.24, 2.45) is 0 Å². The third kappa shape index (κ3) is 5.00.